The van der Waals surface area contributed by atoms with Gasteiger partial charge in [-0.25, -0.2) is 0 Å². The van der Waals surface area contributed by atoms with Gasteiger partial charge in [-0.3, -0.25) is 0 Å². The average Bonchev–Trinajstić information content (AvgIpc) is 4.15. The Morgan fingerprint density at radius 3 is 1.93 bits per heavy atom. The van der Waals surface area contributed by atoms with E-state index in [1.54, 1.807) is 0 Å². The standard InChI is InChI=1S/C69H51N3/c1-44-21-6-7-24-48(44)54-43-47(42-41-45(54)2)71-60-35-17-12-29-53(60)68-63(71)38-20-40-65(68)72(64-39-19-37-62-67(64)52-28-11-16-34-59(52)70(62)46-22-4-3-5-23-46)61-36-18-33-58-66(61)51-27-10-15-32-57(51)69(58)55-30-13-8-25-49(55)50-26-9-14-31-56(50)69/h3-5,7-20,22-37,39-43,63H,6,21,38H2,1-2H3. The number of rotatable bonds is 6. The number of allylic oxidation sites excluding steroid dienone is 5. The average molecular weight is 922 g/mol. The molecule has 1 aliphatic heterocycles. The van der Waals surface area contributed by atoms with E-state index in [-0.39, 0.29) is 6.04 Å². The zero-order chi connectivity index (χ0) is 47.7. The molecule has 0 saturated carbocycles. The summed E-state index contributed by atoms with van der Waals surface area (Å²) in [5, 5.41) is 2.45. The lowest BCUT2D eigenvalue weighted by molar-refractivity contribution is 0.793. The van der Waals surface area contributed by atoms with Crippen molar-refractivity contribution in [3.8, 4) is 27.9 Å². The molecule has 1 spiro atoms. The predicted octanol–water partition coefficient (Wildman–Crippen LogP) is 17.6. The number of aromatic nitrogens is 1. The van der Waals surface area contributed by atoms with E-state index < -0.39 is 5.41 Å². The molecular weight excluding hydrogens is 871 g/mol. The van der Waals surface area contributed by atoms with Crippen LogP contribution in [0.4, 0.5) is 22.7 Å². The van der Waals surface area contributed by atoms with Crippen LogP contribution in [-0.2, 0) is 5.41 Å². The van der Waals surface area contributed by atoms with Gasteiger partial charge in [-0.2, -0.15) is 0 Å². The van der Waals surface area contributed by atoms with Crippen molar-refractivity contribution >= 4 is 55.7 Å². The van der Waals surface area contributed by atoms with Gasteiger partial charge in [0, 0.05) is 44.5 Å². The Balaban J connectivity index is 1.04. The van der Waals surface area contributed by atoms with Gasteiger partial charge in [-0.15, -0.1) is 0 Å². The number of nitrogens with zero attached hydrogens (tertiary/aromatic N) is 3. The molecule has 9 aromatic carbocycles. The number of benzene rings is 9. The summed E-state index contributed by atoms with van der Waals surface area (Å²) in [5.74, 6) is 0. The quantitative estimate of drug-likeness (QED) is 0.165. The third-order valence-electron chi connectivity index (χ3n) is 16.6. The van der Waals surface area contributed by atoms with Crippen LogP contribution >= 0.6 is 0 Å². The highest BCUT2D eigenvalue weighted by atomic mass is 15.2. The lowest BCUT2D eigenvalue weighted by Gasteiger charge is -2.36. The Labute approximate surface area is 421 Å². The molecule has 0 bridgehead atoms. The summed E-state index contributed by atoms with van der Waals surface area (Å²) >= 11 is 0. The largest absolute Gasteiger partial charge is 0.333 e. The molecule has 0 N–H and O–H groups in total. The first kappa shape index (κ1) is 41.2. The second-order valence-electron chi connectivity index (χ2n) is 20.3. The number of para-hydroxylation sites is 3. The van der Waals surface area contributed by atoms with Crippen LogP contribution in [0.2, 0.25) is 0 Å². The fourth-order valence-electron chi connectivity index (χ4n) is 13.7. The van der Waals surface area contributed by atoms with Gasteiger partial charge in [0.25, 0.3) is 0 Å². The molecule has 2 heterocycles. The Hall–Kier alpha value is -8.66. The minimum atomic E-state index is -0.486. The number of fused-ring (bicyclic) bond motifs is 16. The second-order valence-corrected chi connectivity index (χ2v) is 20.3. The Kier molecular flexibility index (Phi) is 8.96. The second kappa shape index (κ2) is 15.7. The molecule has 0 fully saturated rings. The first-order chi connectivity index (χ1) is 35.6. The molecular formula is C69H51N3. The van der Waals surface area contributed by atoms with Gasteiger partial charge in [-0.05, 0) is 149 Å². The zero-order valence-electron chi connectivity index (χ0n) is 40.5. The van der Waals surface area contributed by atoms with Crippen LogP contribution < -0.4 is 9.80 Å². The summed E-state index contributed by atoms with van der Waals surface area (Å²) in [6.07, 6.45) is 12.7. The van der Waals surface area contributed by atoms with E-state index in [1.165, 1.54) is 122 Å². The van der Waals surface area contributed by atoms with Gasteiger partial charge in [0.05, 0.1) is 39.6 Å². The minimum Gasteiger partial charge on any atom is -0.333 e. The maximum Gasteiger partial charge on any atom is 0.0726 e. The minimum absolute atomic E-state index is 0.0614. The molecule has 0 amide bonds. The van der Waals surface area contributed by atoms with Crippen LogP contribution in [0.15, 0.2) is 242 Å². The zero-order valence-corrected chi connectivity index (χ0v) is 40.5. The first-order valence-corrected chi connectivity index (χ1v) is 25.7. The van der Waals surface area contributed by atoms with Gasteiger partial charge < -0.3 is 14.4 Å². The van der Waals surface area contributed by atoms with Crippen molar-refractivity contribution in [2.75, 3.05) is 9.80 Å². The van der Waals surface area contributed by atoms with Crippen molar-refractivity contribution in [2.24, 2.45) is 0 Å². The fourth-order valence-corrected chi connectivity index (χ4v) is 13.7. The van der Waals surface area contributed by atoms with E-state index in [9.17, 15) is 0 Å². The van der Waals surface area contributed by atoms with Crippen LogP contribution in [-0.4, -0.2) is 10.6 Å². The maximum absolute atomic E-state index is 2.67. The summed E-state index contributed by atoms with van der Waals surface area (Å²) in [6, 6.07) is 77.9. The molecule has 342 valence electrons. The number of hydrogen-bond acceptors (Lipinski definition) is 2. The summed E-state index contributed by atoms with van der Waals surface area (Å²) in [6.45, 7) is 4.58. The molecule has 10 aromatic rings. The smallest absolute Gasteiger partial charge is 0.0726 e. The SMILES string of the molecule is CC1=C(c2cc(N3c4ccccc4C4=C(N(c5cccc6c5-c5ccccc5C65c6ccccc6-c6ccccc65)c5cccc6c5c5ccccc5n6-c5ccccc5)C=CCC43)ccc2C)C=CCC1. The highest BCUT2D eigenvalue weighted by Gasteiger charge is 2.52. The van der Waals surface area contributed by atoms with E-state index in [0.717, 1.165) is 30.6 Å². The van der Waals surface area contributed by atoms with Crippen LogP contribution in [0.1, 0.15) is 65.1 Å². The van der Waals surface area contributed by atoms with E-state index in [1.807, 2.05) is 0 Å². The van der Waals surface area contributed by atoms with Crippen molar-refractivity contribution in [3.05, 3.63) is 281 Å². The van der Waals surface area contributed by atoms with Crippen molar-refractivity contribution in [2.45, 2.75) is 44.6 Å². The molecule has 0 saturated heterocycles. The molecule has 1 atom stereocenters. The van der Waals surface area contributed by atoms with Crippen molar-refractivity contribution in [1.29, 1.82) is 0 Å². The van der Waals surface area contributed by atoms with Gasteiger partial charge in [0.15, 0.2) is 0 Å². The summed E-state index contributed by atoms with van der Waals surface area (Å²) in [7, 11) is 0. The van der Waals surface area contributed by atoms with Gasteiger partial charge in [0.1, 0.15) is 0 Å². The lowest BCUT2D eigenvalue weighted by Crippen LogP contribution is -2.31. The molecule has 1 aromatic heterocycles. The normalized spacial score (nSPS) is 16.6. The summed E-state index contributed by atoms with van der Waals surface area (Å²) in [4.78, 5) is 5.32. The topological polar surface area (TPSA) is 11.4 Å². The third kappa shape index (κ3) is 5.56. The van der Waals surface area contributed by atoms with Crippen LogP contribution in [0.25, 0.3) is 60.9 Å². The molecule has 4 aliphatic carbocycles. The third-order valence-corrected chi connectivity index (χ3v) is 16.6. The Bertz CT molecular complexity index is 4020. The van der Waals surface area contributed by atoms with Crippen molar-refractivity contribution in [1.82, 2.24) is 4.57 Å². The van der Waals surface area contributed by atoms with Crippen LogP contribution in [0.3, 0.4) is 0 Å². The number of anilines is 4. The van der Waals surface area contributed by atoms with E-state index in [0.29, 0.717) is 0 Å². The van der Waals surface area contributed by atoms with Crippen LogP contribution in [0.5, 0.6) is 0 Å². The Morgan fingerprint density at radius 1 is 0.500 bits per heavy atom. The molecule has 3 heteroatoms. The van der Waals surface area contributed by atoms with E-state index >= 15 is 0 Å². The van der Waals surface area contributed by atoms with Crippen molar-refractivity contribution in [3.63, 3.8) is 0 Å². The van der Waals surface area contributed by atoms with Crippen molar-refractivity contribution < 1.29 is 0 Å². The summed E-state index contributed by atoms with van der Waals surface area (Å²) < 4.78 is 2.45. The van der Waals surface area contributed by atoms with E-state index in [4.69, 9.17) is 0 Å². The Morgan fingerprint density at radius 2 is 1.14 bits per heavy atom. The lowest BCUT2D eigenvalue weighted by atomic mass is 9.70. The first-order valence-electron chi connectivity index (χ1n) is 25.7. The molecule has 0 radical (unpaired) electrons. The maximum atomic E-state index is 2.67. The highest BCUT2D eigenvalue weighted by molar-refractivity contribution is 6.17. The molecule has 3 nitrogen and oxygen atoms in total. The van der Waals surface area contributed by atoms with Gasteiger partial charge in [-0.1, -0.05) is 175 Å². The number of aryl methyl sites for hydroxylation is 1. The monoisotopic (exact) mass is 921 g/mol. The fraction of sp³-hybridized carbons (Fsp3) is 0.101. The molecule has 15 rings (SSSR count). The predicted molar refractivity (Wildman–Crippen MR) is 301 cm³/mol. The van der Waals surface area contributed by atoms with Gasteiger partial charge in [0.2, 0.25) is 0 Å². The van der Waals surface area contributed by atoms with Crippen LogP contribution in [0, 0.1) is 6.92 Å². The molecule has 5 aliphatic rings. The highest BCUT2D eigenvalue weighted by Crippen LogP contribution is 2.65. The molecule has 72 heavy (non-hydrogen) atoms. The molecule has 1 unspecified atom stereocenters. The summed E-state index contributed by atoms with van der Waals surface area (Å²) in [5.41, 5.74) is 27.7. The van der Waals surface area contributed by atoms with E-state index in [2.05, 4.69) is 259 Å². The number of hydrogen-bond donors (Lipinski definition) is 0. The van der Waals surface area contributed by atoms with Gasteiger partial charge >= 0.3 is 0 Å².